The predicted molar refractivity (Wildman–Crippen MR) is 168 cm³/mol. The molecule has 3 atom stereocenters. The number of benzene rings is 1. The van der Waals surface area contributed by atoms with Crippen molar-refractivity contribution in [3.05, 3.63) is 40.8 Å². The number of esters is 2. The quantitative estimate of drug-likeness (QED) is 0.0760. The van der Waals surface area contributed by atoms with Crippen molar-refractivity contribution in [1.82, 2.24) is 29.7 Å². The van der Waals surface area contributed by atoms with Crippen LogP contribution in [0.3, 0.4) is 0 Å². The Morgan fingerprint density at radius 2 is 1.63 bits per heavy atom. The van der Waals surface area contributed by atoms with E-state index in [1.165, 1.54) is 25.5 Å². The van der Waals surface area contributed by atoms with Gasteiger partial charge in [0.2, 0.25) is 7.44 Å². The number of hydrogen-bond donors (Lipinski definition) is 4. The minimum Gasteiger partial charge on any atom is -0.491 e. The summed E-state index contributed by atoms with van der Waals surface area (Å²) in [6, 6.07) is 6.76. The van der Waals surface area contributed by atoms with E-state index in [0.29, 0.717) is 5.75 Å². The number of para-hydroxylation sites is 1. The van der Waals surface area contributed by atoms with Gasteiger partial charge in [0.1, 0.15) is 49.0 Å². The molecule has 0 aliphatic rings. The molecule has 0 saturated heterocycles. The highest BCUT2D eigenvalue weighted by Gasteiger charge is 2.33. The van der Waals surface area contributed by atoms with Gasteiger partial charge in [-0.2, -0.15) is 9.97 Å². The fraction of sp³-hybridized carbons (Fsp3) is 0.536. The number of anilines is 1. The molecule has 0 unspecified atom stereocenters. The lowest BCUT2D eigenvalue weighted by Gasteiger charge is -2.28. The van der Waals surface area contributed by atoms with Gasteiger partial charge in [0.25, 0.3) is 0 Å². The molecule has 3 rings (SSSR count). The summed E-state index contributed by atoms with van der Waals surface area (Å²) in [5.41, 5.74) is 5.84. The van der Waals surface area contributed by atoms with E-state index < -0.39 is 49.6 Å². The maximum atomic E-state index is 14.2. The molecule has 46 heavy (non-hydrogen) atoms. The van der Waals surface area contributed by atoms with Gasteiger partial charge in [-0.1, -0.05) is 18.2 Å². The lowest BCUT2D eigenvalue weighted by Crippen LogP contribution is -2.43. The molecule has 0 fully saturated rings. The minimum absolute atomic E-state index is 0.00919. The Kier molecular flexibility index (Phi) is 14.0. The number of carbonyl (C=O) groups is 2. The van der Waals surface area contributed by atoms with Gasteiger partial charge >= 0.3 is 23.6 Å². The topological polar surface area (TPSA) is 220 Å². The highest BCUT2D eigenvalue weighted by atomic mass is 31.2. The number of aromatic nitrogens is 4. The van der Waals surface area contributed by atoms with Crippen molar-refractivity contribution in [3.63, 3.8) is 0 Å². The molecule has 0 aliphatic carbocycles. The Labute approximate surface area is 265 Å². The average Bonchev–Trinajstić information content (AvgIpc) is 3.34. The van der Waals surface area contributed by atoms with Crippen LogP contribution in [0, 0.1) is 0 Å². The molecule has 0 bridgehead atoms. The van der Waals surface area contributed by atoms with Crippen LogP contribution in [-0.2, 0) is 39.6 Å². The van der Waals surface area contributed by atoms with Crippen molar-refractivity contribution in [2.24, 2.45) is 0 Å². The van der Waals surface area contributed by atoms with Crippen LogP contribution in [0.4, 0.5) is 5.82 Å². The van der Waals surface area contributed by atoms with Crippen LogP contribution in [0.5, 0.6) is 11.8 Å². The molecule has 0 saturated carbocycles. The minimum atomic E-state index is -3.87. The van der Waals surface area contributed by atoms with E-state index in [4.69, 9.17) is 34.2 Å². The van der Waals surface area contributed by atoms with Crippen LogP contribution >= 0.6 is 7.44 Å². The Bertz CT molecular complexity index is 1500. The summed E-state index contributed by atoms with van der Waals surface area (Å²) in [7, 11) is -2.35. The first-order valence-corrected chi connectivity index (χ1v) is 16.5. The maximum absolute atomic E-state index is 14.2. The third-order valence-corrected chi connectivity index (χ3v) is 8.41. The van der Waals surface area contributed by atoms with Gasteiger partial charge in [-0.3, -0.25) is 18.7 Å². The van der Waals surface area contributed by atoms with Gasteiger partial charge in [0.15, 0.2) is 11.5 Å². The molecular weight excluding hydrogens is 625 g/mol. The molecule has 0 aliphatic heterocycles. The van der Waals surface area contributed by atoms with E-state index in [1.54, 1.807) is 38.1 Å². The SMILES string of the molecule is CCOC(=O)[C@H](C)NP(=O)(CO[C@H](COc1ccccc1)Cn1c(=O)[nH]c2c(N)nc(OCCOC)nc21)N[C@@H](C)C(=O)OCC. The predicted octanol–water partition coefficient (Wildman–Crippen LogP) is 1.42. The Hall–Kier alpha value is -4.02. The van der Waals surface area contributed by atoms with Gasteiger partial charge < -0.3 is 39.1 Å². The van der Waals surface area contributed by atoms with Crippen LogP contribution in [0.1, 0.15) is 27.7 Å². The highest BCUT2D eigenvalue weighted by Crippen LogP contribution is 2.38. The molecule has 254 valence electrons. The largest absolute Gasteiger partial charge is 0.491 e. The van der Waals surface area contributed by atoms with Gasteiger partial charge in [-0.05, 0) is 39.8 Å². The van der Waals surface area contributed by atoms with Gasteiger partial charge in [0, 0.05) is 7.11 Å². The van der Waals surface area contributed by atoms with Gasteiger partial charge in [-0.15, -0.1) is 0 Å². The van der Waals surface area contributed by atoms with Crippen molar-refractivity contribution in [2.75, 3.05) is 52.2 Å². The molecule has 0 radical (unpaired) electrons. The van der Waals surface area contributed by atoms with Crippen molar-refractivity contribution in [1.29, 1.82) is 0 Å². The van der Waals surface area contributed by atoms with Crippen LogP contribution in [0.2, 0.25) is 0 Å². The molecule has 0 spiro atoms. The zero-order valence-corrected chi connectivity index (χ0v) is 27.4. The third-order valence-electron chi connectivity index (χ3n) is 6.29. The maximum Gasteiger partial charge on any atom is 0.327 e. The Morgan fingerprint density at radius 3 is 2.22 bits per heavy atom. The molecule has 3 aromatic rings. The molecule has 0 amide bonds. The first-order valence-electron chi connectivity index (χ1n) is 14.6. The molecule has 17 nitrogen and oxygen atoms in total. The van der Waals surface area contributed by atoms with Crippen LogP contribution in [-0.4, -0.2) is 96.1 Å². The molecule has 2 heterocycles. The third kappa shape index (κ3) is 10.5. The number of nitrogen functional groups attached to an aromatic ring is 1. The molecule has 1 aromatic carbocycles. The number of carbonyl (C=O) groups excluding carboxylic acids is 2. The number of ether oxygens (including phenoxy) is 6. The standard InChI is InChI=1S/C28H42N7O10P/c1-6-41-25(36)18(3)33-46(39,34-19(4)26(37)42-7-2)17-45-21(16-44-20-11-9-8-10-12-20)15-35-24-22(30-28(35)38)23(29)31-27(32-24)43-14-13-40-5/h8-12,18-19,21H,6-7,13-17H2,1-5H3,(H,30,38)(H2,29,31,32)(H2,33,34,39)/t18-,19-,21-/m0/s1. The molecule has 5 N–H and O–H groups in total. The monoisotopic (exact) mass is 667 g/mol. The van der Waals surface area contributed by atoms with Crippen LogP contribution in [0.15, 0.2) is 35.1 Å². The first-order chi connectivity index (χ1) is 22.0. The smallest absolute Gasteiger partial charge is 0.327 e. The number of hydrogen-bond acceptors (Lipinski definition) is 13. The normalized spacial score (nSPS) is 13.6. The van der Waals surface area contributed by atoms with E-state index >= 15 is 0 Å². The second-order valence-electron chi connectivity index (χ2n) is 9.96. The number of nitrogens with zero attached hydrogens (tertiary/aromatic N) is 3. The lowest BCUT2D eigenvalue weighted by atomic mass is 10.3. The highest BCUT2D eigenvalue weighted by molar-refractivity contribution is 7.59. The van der Waals surface area contributed by atoms with E-state index in [2.05, 4.69) is 25.1 Å². The Morgan fingerprint density at radius 1 is 1.00 bits per heavy atom. The zero-order chi connectivity index (χ0) is 33.7. The number of nitrogens with two attached hydrogens (primary N) is 1. The summed E-state index contributed by atoms with van der Waals surface area (Å²) in [6.45, 7) is 6.65. The number of methoxy groups -OCH3 is 1. The molecular formula is C28H42N7O10P. The zero-order valence-electron chi connectivity index (χ0n) is 26.5. The molecule has 2 aromatic heterocycles. The lowest BCUT2D eigenvalue weighted by molar-refractivity contribution is -0.145. The number of imidazole rings is 1. The first kappa shape index (κ1) is 36.4. The average molecular weight is 668 g/mol. The Balaban J connectivity index is 1.92. The number of H-pyrrole nitrogens is 1. The second kappa shape index (κ2) is 17.6. The summed E-state index contributed by atoms with van der Waals surface area (Å²) >= 11 is 0. The second-order valence-corrected chi connectivity index (χ2v) is 12.2. The van der Waals surface area contributed by atoms with E-state index in [1.807, 2.05) is 6.07 Å². The van der Waals surface area contributed by atoms with Crippen molar-refractivity contribution < 1.29 is 42.6 Å². The van der Waals surface area contributed by atoms with Crippen LogP contribution in [0.25, 0.3) is 11.2 Å². The summed E-state index contributed by atoms with van der Waals surface area (Å²) in [6.07, 6.45) is -1.44. The van der Waals surface area contributed by atoms with Gasteiger partial charge in [0.05, 0.1) is 26.4 Å². The van der Waals surface area contributed by atoms with Crippen LogP contribution < -0.4 is 31.1 Å². The van der Waals surface area contributed by atoms with Gasteiger partial charge in [-0.25, -0.2) is 15.0 Å². The number of aromatic amines is 1. The summed E-state index contributed by atoms with van der Waals surface area (Å²) in [5, 5.41) is 5.46. The van der Waals surface area contributed by atoms with E-state index in [9.17, 15) is 18.9 Å². The summed E-state index contributed by atoms with van der Waals surface area (Å²) in [4.78, 5) is 48.9. The fourth-order valence-electron chi connectivity index (χ4n) is 4.13. The number of nitrogens with one attached hydrogen (secondary N) is 3. The number of fused-ring (bicyclic) bond motifs is 1. The van der Waals surface area contributed by atoms with E-state index in [0.717, 1.165) is 0 Å². The summed E-state index contributed by atoms with van der Waals surface area (Å²) < 4.78 is 48.1. The van der Waals surface area contributed by atoms with E-state index in [-0.39, 0.29) is 62.6 Å². The summed E-state index contributed by atoms with van der Waals surface area (Å²) in [5.74, 6) is -0.786. The van der Waals surface area contributed by atoms with Crippen molar-refractivity contribution in [2.45, 2.75) is 52.4 Å². The fourth-order valence-corrected chi connectivity index (χ4v) is 6.24. The molecule has 18 heteroatoms. The van der Waals surface area contributed by atoms with Crippen molar-refractivity contribution in [3.8, 4) is 11.8 Å². The number of rotatable bonds is 20. The van der Waals surface area contributed by atoms with Crippen molar-refractivity contribution >= 4 is 36.4 Å².